The van der Waals surface area contributed by atoms with Gasteiger partial charge in [-0.2, -0.15) is 0 Å². The molecule has 2 aliphatic heterocycles. The Morgan fingerprint density at radius 3 is 2.61 bits per heavy atom. The average molecular weight is 386 g/mol. The number of nitrogens with one attached hydrogen (secondary N) is 1. The van der Waals surface area contributed by atoms with E-state index in [1.54, 1.807) is 24.5 Å². The van der Waals surface area contributed by atoms with Gasteiger partial charge in [0.1, 0.15) is 0 Å². The SMILES string of the molecule is CCCC(=O)N1CCCC(C(=O)N2CCC(NC(=O)c3cccnc3)CC2)C1. The highest BCUT2D eigenvalue weighted by Gasteiger charge is 2.33. The number of carbonyl (C=O) groups excluding carboxylic acids is 3. The minimum Gasteiger partial charge on any atom is -0.349 e. The highest BCUT2D eigenvalue weighted by Crippen LogP contribution is 2.22. The van der Waals surface area contributed by atoms with Crippen LogP contribution in [0.4, 0.5) is 0 Å². The zero-order chi connectivity index (χ0) is 19.9. The number of aromatic nitrogens is 1. The second kappa shape index (κ2) is 9.66. The zero-order valence-electron chi connectivity index (χ0n) is 16.6. The molecule has 3 heterocycles. The Labute approximate surface area is 166 Å². The van der Waals surface area contributed by atoms with Crippen molar-refractivity contribution in [2.24, 2.45) is 5.92 Å². The molecule has 1 atom stereocenters. The van der Waals surface area contributed by atoms with E-state index in [-0.39, 0.29) is 29.7 Å². The van der Waals surface area contributed by atoms with E-state index >= 15 is 0 Å². The standard InChI is InChI=1S/C21H30N4O3/c1-2-5-19(26)25-11-4-7-17(15-25)21(28)24-12-8-18(9-13-24)23-20(27)16-6-3-10-22-14-16/h3,6,10,14,17-18H,2,4-5,7-9,11-13,15H2,1H3,(H,23,27). The summed E-state index contributed by atoms with van der Waals surface area (Å²) in [4.78, 5) is 45.1. The number of hydrogen-bond donors (Lipinski definition) is 1. The first-order chi connectivity index (χ1) is 13.6. The van der Waals surface area contributed by atoms with Crippen molar-refractivity contribution in [1.82, 2.24) is 20.1 Å². The first kappa shape index (κ1) is 20.3. The molecular weight excluding hydrogens is 356 g/mol. The minimum atomic E-state index is -0.116. The second-order valence-corrected chi connectivity index (χ2v) is 7.74. The summed E-state index contributed by atoms with van der Waals surface area (Å²) in [5.74, 6) is 0.120. The molecule has 28 heavy (non-hydrogen) atoms. The minimum absolute atomic E-state index is 0.0748. The summed E-state index contributed by atoms with van der Waals surface area (Å²) in [6, 6.07) is 3.57. The highest BCUT2D eigenvalue weighted by molar-refractivity contribution is 5.94. The maximum Gasteiger partial charge on any atom is 0.253 e. The van der Waals surface area contributed by atoms with Crippen molar-refractivity contribution in [3.8, 4) is 0 Å². The van der Waals surface area contributed by atoms with Crippen LogP contribution in [0.15, 0.2) is 24.5 Å². The molecule has 152 valence electrons. The van der Waals surface area contributed by atoms with Gasteiger partial charge in [0.15, 0.2) is 0 Å². The number of rotatable bonds is 5. The van der Waals surface area contributed by atoms with Gasteiger partial charge in [-0.15, -0.1) is 0 Å². The van der Waals surface area contributed by atoms with Crippen molar-refractivity contribution >= 4 is 17.7 Å². The number of nitrogens with zero attached hydrogens (tertiary/aromatic N) is 3. The molecule has 0 aromatic carbocycles. The van der Waals surface area contributed by atoms with E-state index in [1.807, 2.05) is 16.7 Å². The van der Waals surface area contributed by atoms with Gasteiger partial charge in [0.2, 0.25) is 11.8 Å². The average Bonchev–Trinajstić information content (AvgIpc) is 2.74. The fraction of sp³-hybridized carbons (Fsp3) is 0.619. The first-order valence-corrected chi connectivity index (χ1v) is 10.4. The quantitative estimate of drug-likeness (QED) is 0.837. The molecule has 2 aliphatic rings. The van der Waals surface area contributed by atoms with Gasteiger partial charge in [-0.05, 0) is 44.2 Å². The molecule has 3 amide bonds. The van der Waals surface area contributed by atoms with Gasteiger partial charge >= 0.3 is 0 Å². The van der Waals surface area contributed by atoms with E-state index in [2.05, 4.69) is 10.3 Å². The smallest absolute Gasteiger partial charge is 0.253 e. The molecule has 1 unspecified atom stereocenters. The number of likely N-dealkylation sites (tertiary alicyclic amines) is 2. The molecule has 7 heteroatoms. The lowest BCUT2D eigenvalue weighted by Gasteiger charge is -2.38. The Hall–Kier alpha value is -2.44. The Morgan fingerprint density at radius 1 is 1.14 bits per heavy atom. The van der Waals surface area contributed by atoms with E-state index in [0.29, 0.717) is 31.6 Å². The van der Waals surface area contributed by atoms with Crippen LogP contribution in [0.2, 0.25) is 0 Å². The topological polar surface area (TPSA) is 82.6 Å². The van der Waals surface area contributed by atoms with Crippen LogP contribution >= 0.6 is 0 Å². The molecule has 0 spiro atoms. The Morgan fingerprint density at radius 2 is 1.93 bits per heavy atom. The van der Waals surface area contributed by atoms with Crippen LogP contribution in [0.25, 0.3) is 0 Å². The Bertz CT molecular complexity index is 686. The lowest BCUT2D eigenvalue weighted by atomic mass is 9.94. The molecule has 0 bridgehead atoms. The highest BCUT2D eigenvalue weighted by atomic mass is 16.2. The van der Waals surface area contributed by atoms with Crippen molar-refractivity contribution in [2.75, 3.05) is 26.2 Å². The predicted molar refractivity (Wildman–Crippen MR) is 106 cm³/mol. The lowest BCUT2D eigenvalue weighted by Crippen LogP contribution is -2.51. The number of amides is 3. The summed E-state index contributed by atoms with van der Waals surface area (Å²) in [6.45, 7) is 4.62. The molecule has 0 aliphatic carbocycles. The molecule has 3 rings (SSSR count). The van der Waals surface area contributed by atoms with Gasteiger partial charge in [0.25, 0.3) is 5.91 Å². The van der Waals surface area contributed by atoms with E-state index in [1.165, 1.54) is 0 Å². The van der Waals surface area contributed by atoms with Gasteiger partial charge in [-0.3, -0.25) is 19.4 Å². The summed E-state index contributed by atoms with van der Waals surface area (Å²) in [5.41, 5.74) is 0.556. The lowest BCUT2D eigenvalue weighted by molar-refractivity contribution is -0.141. The van der Waals surface area contributed by atoms with Crippen molar-refractivity contribution < 1.29 is 14.4 Å². The number of piperidine rings is 2. The van der Waals surface area contributed by atoms with Crippen LogP contribution in [-0.4, -0.2) is 64.7 Å². The molecule has 2 fully saturated rings. The van der Waals surface area contributed by atoms with Gasteiger partial charge in [-0.25, -0.2) is 0 Å². The van der Waals surface area contributed by atoms with E-state index < -0.39 is 0 Å². The monoisotopic (exact) mass is 386 g/mol. The summed E-state index contributed by atoms with van der Waals surface area (Å²) in [5, 5.41) is 3.04. The van der Waals surface area contributed by atoms with Crippen LogP contribution in [0, 0.1) is 5.92 Å². The summed E-state index contributed by atoms with van der Waals surface area (Å²) >= 11 is 0. The maximum absolute atomic E-state index is 12.9. The van der Waals surface area contributed by atoms with E-state index in [4.69, 9.17) is 0 Å². The fourth-order valence-corrected chi connectivity index (χ4v) is 4.05. The molecule has 0 radical (unpaired) electrons. The molecular formula is C21H30N4O3. The maximum atomic E-state index is 12.9. The van der Waals surface area contributed by atoms with Crippen LogP contribution in [0.1, 0.15) is 55.8 Å². The molecule has 1 N–H and O–H groups in total. The van der Waals surface area contributed by atoms with Crippen LogP contribution in [0.5, 0.6) is 0 Å². The predicted octanol–water partition coefficient (Wildman–Crippen LogP) is 1.84. The summed E-state index contributed by atoms with van der Waals surface area (Å²) < 4.78 is 0. The van der Waals surface area contributed by atoms with Gasteiger partial charge in [0, 0.05) is 51.0 Å². The third kappa shape index (κ3) is 5.09. The fourth-order valence-electron chi connectivity index (χ4n) is 4.05. The third-order valence-electron chi connectivity index (χ3n) is 5.65. The molecule has 7 nitrogen and oxygen atoms in total. The van der Waals surface area contributed by atoms with Gasteiger partial charge in [0.05, 0.1) is 11.5 Å². The van der Waals surface area contributed by atoms with Gasteiger partial charge < -0.3 is 15.1 Å². The Balaban J connectivity index is 1.47. The van der Waals surface area contributed by atoms with Crippen LogP contribution < -0.4 is 5.32 Å². The largest absolute Gasteiger partial charge is 0.349 e. The number of pyridine rings is 1. The zero-order valence-corrected chi connectivity index (χ0v) is 16.6. The first-order valence-electron chi connectivity index (χ1n) is 10.4. The van der Waals surface area contributed by atoms with Crippen molar-refractivity contribution in [2.45, 2.75) is 51.5 Å². The third-order valence-corrected chi connectivity index (χ3v) is 5.65. The summed E-state index contributed by atoms with van der Waals surface area (Å²) in [6.07, 6.45) is 7.85. The molecule has 2 saturated heterocycles. The van der Waals surface area contributed by atoms with Crippen molar-refractivity contribution in [3.05, 3.63) is 30.1 Å². The van der Waals surface area contributed by atoms with Crippen molar-refractivity contribution in [3.63, 3.8) is 0 Å². The normalized spacial score (nSPS) is 20.7. The summed E-state index contributed by atoms with van der Waals surface area (Å²) in [7, 11) is 0. The molecule has 1 aromatic heterocycles. The van der Waals surface area contributed by atoms with Crippen molar-refractivity contribution in [1.29, 1.82) is 0 Å². The van der Waals surface area contributed by atoms with E-state index in [9.17, 15) is 14.4 Å². The number of hydrogen-bond acceptors (Lipinski definition) is 4. The second-order valence-electron chi connectivity index (χ2n) is 7.74. The molecule has 0 saturated carbocycles. The number of carbonyl (C=O) groups is 3. The van der Waals surface area contributed by atoms with E-state index in [0.717, 1.165) is 38.6 Å². The Kier molecular flexibility index (Phi) is 7.01. The van der Waals surface area contributed by atoms with Crippen LogP contribution in [-0.2, 0) is 9.59 Å². The molecule has 1 aromatic rings. The van der Waals surface area contributed by atoms with Crippen LogP contribution in [0.3, 0.4) is 0 Å². The van der Waals surface area contributed by atoms with Gasteiger partial charge in [-0.1, -0.05) is 6.92 Å².